The first-order chi connectivity index (χ1) is 14.6. The maximum atomic E-state index is 13.0. The minimum Gasteiger partial charge on any atom is -0.335 e. The molecule has 1 heterocycles. The summed E-state index contributed by atoms with van der Waals surface area (Å²) in [6, 6.07) is 11.3. The summed E-state index contributed by atoms with van der Waals surface area (Å²) in [7, 11) is 1.34. The van der Waals surface area contributed by atoms with Crippen LogP contribution in [-0.2, 0) is 22.3 Å². The van der Waals surface area contributed by atoms with E-state index in [0.717, 1.165) is 21.8 Å². The molecule has 0 atom stereocenters. The average molecular weight is 453 g/mol. The maximum Gasteiger partial charge on any atom is 0.418 e. The van der Waals surface area contributed by atoms with Crippen molar-refractivity contribution in [2.24, 2.45) is 0 Å². The van der Waals surface area contributed by atoms with Crippen LogP contribution in [0.25, 0.3) is 11.4 Å². The highest BCUT2D eigenvalue weighted by Crippen LogP contribution is 2.34. The van der Waals surface area contributed by atoms with Gasteiger partial charge in [-0.2, -0.15) is 18.0 Å². The minimum absolute atomic E-state index is 0.286. The number of nitrogens with one attached hydrogen (secondary N) is 1. The van der Waals surface area contributed by atoms with Gasteiger partial charge in [0.15, 0.2) is 0 Å². The maximum absolute atomic E-state index is 13.0. The number of carbonyl (C=O) groups excluding carboxylic acids is 2. The number of anilines is 1. The number of alkyl halides is 3. The summed E-state index contributed by atoms with van der Waals surface area (Å²) in [6.45, 7) is -0.757. The highest BCUT2D eigenvalue weighted by molar-refractivity contribution is 6.30. The summed E-state index contributed by atoms with van der Waals surface area (Å²) in [5, 5.41) is 14.5. The number of hydrogen-bond acceptors (Lipinski definition) is 5. The molecule has 0 aliphatic rings. The molecule has 0 spiro atoms. The summed E-state index contributed by atoms with van der Waals surface area (Å²) in [5.74, 6) is -1.02. The number of hydrogen-bond donors (Lipinski definition) is 1. The predicted octanol–water partition coefficient (Wildman–Crippen LogP) is 3.11. The van der Waals surface area contributed by atoms with Crippen LogP contribution in [-0.4, -0.2) is 50.5 Å². The van der Waals surface area contributed by atoms with Crippen LogP contribution < -0.4 is 5.32 Å². The van der Waals surface area contributed by atoms with E-state index < -0.39 is 30.1 Å². The fraction of sp³-hybridized carbons (Fsp3) is 0.211. The van der Waals surface area contributed by atoms with Crippen LogP contribution in [0.4, 0.5) is 18.9 Å². The number of rotatable bonds is 6. The number of para-hydroxylation sites is 1. The standard InChI is InChI=1S/C19H16ClF3N6O2/c1-28(10-16(30)24-15-5-3-2-4-14(15)19(21,22)23)17(31)11-29-26-18(25-27-29)12-6-8-13(20)9-7-12/h2-9H,10-11H2,1H3,(H,24,30). The molecule has 0 aliphatic carbocycles. The molecule has 2 aromatic carbocycles. The molecule has 31 heavy (non-hydrogen) atoms. The van der Waals surface area contributed by atoms with Crippen LogP contribution in [0.5, 0.6) is 0 Å². The first-order valence-corrected chi connectivity index (χ1v) is 9.25. The zero-order chi connectivity index (χ0) is 22.6. The van der Waals surface area contributed by atoms with Gasteiger partial charge in [-0.15, -0.1) is 10.2 Å². The minimum atomic E-state index is -4.62. The third-order valence-corrected chi connectivity index (χ3v) is 4.40. The molecular weight excluding hydrogens is 437 g/mol. The monoisotopic (exact) mass is 452 g/mol. The summed E-state index contributed by atoms with van der Waals surface area (Å²) in [6.07, 6.45) is -4.62. The molecule has 0 unspecified atom stereocenters. The summed E-state index contributed by atoms with van der Waals surface area (Å²) in [5.41, 5.74) is -0.704. The number of aromatic nitrogens is 4. The summed E-state index contributed by atoms with van der Waals surface area (Å²) < 4.78 is 39.1. The van der Waals surface area contributed by atoms with Gasteiger partial charge in [0.25, 0.3) is 0 Å². The topological polar surface area (TPSA) is 93.0 Å². The lowest BCUT2D eigenvalue weighted by molar-refractivity contribution is -0.137. The number of tetrazole rings is 1. The Morgan fingerprint density at radius 3 is 2.48 bits per heavy atom. The highest BCUT2D eigenvalue weighted by atomic mass is 35.5. The quantitative estimate of drug-likeness (QED) is 0.620. The molecule has 12 heteroatoms. The van der Waals surface area contributed by atoms with E-state index in [1.807, 2.05) is 0 Å². The van der Waals surface area contributed by atoms with Gasteiger partial charge >= 0.3 is 6.18 Å². The van der Waals surface area contributed by atoms with E-state index in [2.05, 4.69) is 20.7 Å². The Labute approximate surface area is 179 Å². The van der Waals surface area contributed by atoms with Crippen molar-refractivity contribution in [2.45, 2.75) is 12.7 Å². The van der Waals surface area contributed by atoms with Gasteiger partial charge in [0.05, 0.1) is 17.8 Å². The molecule has 0 saturated heterocycles. The van der Waals surface area contributed by atoms with Crippen molar-refractivity contribution in [1.82, 2.24) is 25.1 Å². The molecule has 3 aromatic rings. The lowest BCUT2D eigenvalue weighted by Crippen LogP contribution is -2.37. The highest BCUT2D eigenvalue weighted by Gasteiger charge is 2.33. The third-order valence-electron chi connectivity index (χ3n) is 4.15. The number of benzene rings is 2. The number of halogens is 4. The van der Waals surface area contributed by atoms with Gasteiger partial charge in [-0.25, -0.2) is 0 Å². The van der Waals surface area contributed by atoms with Gasteiger partial charge in [-0.1, -0.05) is 23.7 Å². The molecular formula is C19H16ClF3N6O2. The van der Waals surface area contributed by atoms with Gasteiger partial charge < -0.3 is 10.2 Å². The second-order valence-corrected chi connectivity index (χ2v) is 6.93. The van der Waals surface area contributed by atoms with Gasteiger partial charge in [0, 0.05) is 17.6 Å². The molecule has 2 amide bonds. The normalized spacial score (nSPS) is 11.3. The first-order valence-electron chi connectivity index (χ1n) is 8.87. The van der Waals surface area contributed by atoms with E-state index >= 15 is 0 Å². The van der Waals surface area contributed by atoms with Crippen LogP contribution in [0.3, 0.4) is 0 Å². The number of carbonyl (C=O) groups is 2. The Kier molecular flexibility index (Phi) is 6.54. The van der Waals surface area contributed by atoms with Crippen molar-refractivity contribution in [3.8, 4) is 11.4 Å². The Morgan fingerprint density at radius 2 is 1.81 bits per heavy atom. The molecule has 162 valence electrons. The van der Waals surface area contributed by atoms with Crippen LogP contribution in [0.15, 0.2) is 48.5 Å². The zero-order valence-electron chi connectivity index (χ0n) is 16.1. The van der Waals surface area contributed by atoms with Crippen molar-refractivity contribution in [3.05, 3.63) is 59.1 Å². The van der Waals surface area contributed by atoms with Crippen molar-refractivity contribution in [2.75, 3.05) is 18.9 Å². The van der Waals surface area contributed by atoms with Crippen molar-refractivity contribution < 1.29 is 22.8 Å². The average Bonchev–Trinajstić information content (AvgIpc) is 3.16. The second kappa shape index (κ2) is 9.13. The smallest absolute Gasteiger partial charge is 0.335 e. The SMILES string of the molecule is CN(CC(=O)Nc1ccccc1C(F)(F)F)C(=O)Cn1nnc(-c2ccc(Cl)cc2)n1. The van der Waals surface area contributed by atoms with E-state index in [4.69, 9.17) is 11.6 Å². The van der Waals surface area contributed by atoms with E-state index in [0.29, 0.717) is 10.6 Å². The Hall–Kier alpha value is -3.47. The zero-order valence-corrected chi connectivity index (χ0v) is 16.9. The predicted molar refractivity (Wildman–Crippen MR) is 106 cm³/mol. The van der Waals surface area contributed by atoms with E-state index in [1.165, 1.54) is 19.2 Å². The Bertz CT molecular complexity index is 1080. The second-order valence-electron chi connectivity index (χ2n) is 6.49. The fourth-order valence-electron chi connectivity index (χ4n) is 2.60. The number of amides is 2. The van der Waals surface area contributed by atoms with Crippen LogP contribution >= 0.6 is 11.6 Å². The number of nitrogens with zero attached hydrogens (tertiary/aromatic N) is 5. The van der Waals surface area contributed by atoms with Crippen LogP contribution in [0.1, 0.15) is 5.56 Å². The van der Waals surface area contributed by atoms with Crippen molar-refractivity contribution >= 4 is 29.1 Å². The van der Waals surface area contributed by atoms with Gasteiger partial charge in [0.1, 0.15) is 6.54 Å². The van der Waals surface area contributed by atoms with Gasteiger partial charge in [0.2, 0.25) is 17.6 Å². The van der Waals surface area contributed by atoms with E-state index in [1.54, 1.807) is 24.3 Å². The molecule has 0 bridgehead atoms. The first kappa shape index (κ1) is 22.2. The van der Waals surface area contributed by atoms with Crippen LogP contribution in [0, 0.1) is 0 Å². The molecule has 8 nitrogen and oxygen atoms in total. The molecule has 0 saturated carbocycles. The summed E-state index contributed by atoms with van der Waals surface area (Å²) in [4.78, 5) is 26.6. The molecule has 3 rings (SSSR count). The molecule has 1 N–H and O–H groups in total. The van der Waals surface area contributed by atoms with Gasteiger partial charge in [-0.3, -0.25) is 9.59 Å². The Morgan fingerprint density at radius 1 is 1.13 bits per heavy atom. The lowest BCUT2D eigenvalue weighted by Gasteiger charge is -2.18. The Balaban J connectivity index is 1.59. The molecule has 0 radical (unpaired) electrons. The van der Waals surface area contributed by atoms with Gasteiger partial charge in [-0.05, 0) is 41.6 Å². The lowest BCUT2D eigenvalue weighted by atomic mass is 10.1. The third kappa shape index (κ3) is 5.79. The largest absolute Gasteiger partial charge is 0.418 e. The fourth-order valence-corrected chi connectivity index (χ4v) is 2.73. The molecule has 1 aromatic heterocycles. The number of likely N-dealkylation sites (N-methyl/N-ethyl adjacent to an activating group) is 1. The van der Waals surface area contributed by atoms with Crippen LogP contribution in [0.2, 0.25) is 5.02 Å². The summed E-state index contributed by atoms with van der Waals surface area (Å²) >= 11 is 5.83. The van der Waals surface area contributed by atoms with Crippen molar-refractivity contribution in [3.63, 3.8) is 0 Å². The van der Waals surface area contributed by atoms with E-state index in [-0.39, 0.29) is 18.1 Å². The molecule has 0 aliphatic heterocycles. The van der Waals surface area contributed by atoms with E-state index in [9.17, 15) is 22.8 Å². The molecule has 0 fully saturated rings. The van der Waals surface area contributed by atoms with Crippen molar-refractivity contribution in [1.29, 1.82) is 0 Å².